The van der Waals surface area contributed by atoms with Crippen LogP contribution < -0.4 is 9.61 Å². The van der Waals surface area contributed by atoms with Crippen molar-refractivity contribution in [1.29, 1.82) is 0 Å². The second-order valence-electron chi connectivity index (χ2n) is 7.34. The lowest BCUT2D eigenvalue weighted by molar-refractivity contribution is 0.302. The van der Waals surface area contributed by atoms with Crippen LogP contribution >= 0.6 is 23.1 Å². The molecule has 2 aliphatic carbocycles. The molecule has 2 fully saturated rings. The maximum absolute atomic E-state index is 12.0. The number of hydrogen-bond donors (Lipinski definition) is 2. The second-order valence-corrected chi connectivity index (χ2v) is 9.54. The number of aromatic hydroxyl groups is 1. The van der Waals surface area contributed by atoms with E-state index in [-0.39, 0.29) is 16.5 Å². The van der Waals surface area contributed by atoms with Crippen LogP contribution in [0, 0.1) is 17.8 Å². The van der Waals surface area contributed by atoms with Crippen LogP contribution in [0.25, 0.3) is 0 Å². The second kappa shape index (κ2) is 5.81. The standard InChI is InChI=1S/C19H21NO3S2/c1-2-23-13-8-10(5-6-12(13)21)15-14-9-3-4-11(7-9)16(14)24-18-17(15)25-19(22)20-18/h5-6,8-9,11,14-16,21H,2-4,7H2,1H3,(H,20,22)/t9-,11+,14+,15-,16+/m0/s1. The lowest BCUT2D eigenvalue weighted by Gasteiger charge is -2.40. The highest BCUT2D eigenvalue weighted by Gasteiger charge is 2.54. The number of H-pyrrole nitrogens is 1. The zero-order chi connectivity index (χ0) is 17.1. The third-order valence-corrected chi connectivity index (χ3v) is 8.73. The first kappa shape index (κ1) is 15.8. The molecule has 6 heteroatoms. The van der Waals surface area contributed by atoms with E-state index in [9.17, 15) is 9.90 Å². The van der Waals surface area contributed by atoms with Crippen LogP contribution in [0.5, 0.6) is 11.5 Å². The van der Waals surface area contributed by atoms with E-state index in [1.54, 1.807) is 6.07 Å². The summed E-state index contributed by atoms with van der Waals surface area (Å²) in [6, 6.07) is 5.73. The summed E-state index contributed by atoms with van der Waals surface area (Å²) in [5.74, 6) is 3.08. The van der Waals surface area contributed by atoms with Gasteiger partial charge >= 0.3 is 4.87 Å². The molecule has 2 aromatic rings. The highest BCUT2D eigenvalue weighted by molar-refractivity contribution is 8.00. The molecule has 25 heavy (non-hydrogen) atoms. The van der Waals surface area contributed by atoms with Gasteiger partial charge in [-0.1, -0.05) is 17.4 Å². The molecule has 0 unspecified atom stereocenters. The lowest BCUT2D eigenvalue weighted by atomic mass is 9.75. The Morgan fingerprint density at radius 2 is 2.16 bits per heavy atom. The van der Waals surface area contributed by atoms with Crippen molar-refractivity contribution in [3.05, 3.63) is 38.3 Å². The van der Waals surface area contributed by atoms with Crippen molar-refractivity contribution >= 4 is 23.1 Å². The molecule has 2 bridgehead atoms. The van der Waals surface area contributed by atoms with Crippen LogP contribution in [-0.4, -0.2) is 21.9 Å². The highest BCUT2D eigenvalue weighted by Crippen LogP contribution is 2.63. The van der Waals surface area contributed by atoms with Gasteiger partial charge in [0.1, 0.15) is 0 Å². The Kier molecular flexibility index (Phi) is 3.68. The number of aromatic nitrogens is 1. The maximum Gasteiger partial charge on any atom is 0.305 e. The maximum atomic E-state index is 12.0. The molecule has 2 N–H and O–H groups in total. The van der Waals surface area contributed by atoms with Gasteiger partial charge in [-0.3, -0.25) is 4.79 Å². The van der Waals surface area contributed by atoms with Gasteiger partial charge in [-0.15, -0.1) is 11.8 Å². The van der Waals surface area contributed by atoms with E-state index in [4.69, 9.17) is 4.74 Å². The third-order valence-electron chi connectivity index (χ3n) is 6.11. The Hall–Kier alpha value is -1.40. The van der Waals surface area contributed by atoms with Crippen molar-refractivity contribution in [2.45, 2.75) is 42.4 Å². The van der Waals surface area contributed by atoms with E-state index in [1.165, 1.54) is 41.0 Å². The Morgan fingerprint density at radius 3 is 3.00 bits per heavy atom. The zero-order valence-corrected chi connectivity index (χ0v) is 15.7. The summed E-state index contributed by atoms with van der Waals surface area (Å²) in [6.07, 6.45) is 3.97. The largest absolute Gasteiger partial charge is 0.504 e. The number of thioether (sulfide) groups is 1. The normalized spacial score (nSPS) is 32.4. The summed E-state index contributed by atoms with van der Waals surface area (Å²) < 4.78 is 5.61. The first-order valence-corrected chi connectivity index (χ1v) is 10.7. The third kappa shape index (κ3) is 2.37. The van der Waals surface area contributed by atoms with Crippen molar-refractivity contribution in [2.24, 2.45) is 17.8 Å². The summed E-state index contributed by atoms with van der Waals surface area (Å²) in [5.41, 5.74) is 1.17. The molecule has 1 aliphatic heterocycles. The summed E-state index contributed by atoms with van der Waals surface area (Å²) in [4.78, 5) is 16.3. The number of rotatable bonds is 3. The number of thiazole rings is 1. The number of hydrogen-bond acceptors (Lipinski definition) is 5. The van der Waals surface area contributed by atoms with Crippen LogP contribution in [0.3, 0.4) is 0 Å². The number of phenols is 1. The number of ether oxygens (including phenoxy) is 1. The van der Waals surface area contributed by atoms with Crippen LogP contribution in [0.2, 0.25) is 0 Å². The van der Waals surface area contributed by atoms with Crippen molar-refractivity contribution in [3.8, 4) is 11.5 Å². The van der Waals surface area contributed by atoms with E-state index in [0.717, 1.165) is 16.9 Å². The minimum Gasteiger partial charge on any atom is -0.504 e. The minimum absolute atomic E-state index is 0.0404. The number of benzene rings is 1. The summed E-state index contributed by atoms with van der Waals surface area (Å²) in [6.45, 7) is 2.45. The van der Waals surface area contributed by atoms with E-state index in [0.29, 0.717) is 23.5 Å². The van der Waals surface area contributed by atoms with Gasteiger partial charge < -0.3 is 14.8 Å². The number of phenolic OH excluding ortho intramolecular Hbond substituents is 1. The van der Waals surface area contributed by atoms with Gasteiger partial charge in [0.25, 0.3) is 0 Å². The fraction of sp³-hybridized carbons (Fsp3) is 0.526. The monoisotopic (exact) mass is 375 g/mol. The van der Waals surface area contributed by atoms with Gasteiger partial charge in [0.2, 0.25) is 0 Å². The molecule has 3 aliphatic rings. The fourth-order valence-corrected chi connectivity index (χ4v) is 8.11. The van der Waals surface area contributed by atoms with Crippen molar-refractivity contribution in [2.75, 3.05) is 6.61 Å². The molecule has 0 radical (unpaired) electrons. The average molecular weight is 376 g/mol. The topological polar surface area (TPSA) is 62.3 Å². The molecule has 1 aromatic heterocycles. The quantitative estimate of drug-likeness (QED) is 0.844. The molecule has 2 heterocycles. The number of aromatic amines is 1. The predicted molar refractivity (Wildman–Crippen MR) is 100 cm³/mol. The van der Waals surface area contributed by atoms with Gasteiger partial charge in [-0.25, -0.2) is 0 Å². The molecule has 5 rings (SSSR count). The summed E-state index contributed by atoms with van der Waals surface area (Å²) in [5, 5.41) is 11.7. The molecule has 5 atom stereocenters. The van der Waals surface area contributed by atoms with Gasteiger partial charge in [0.05, 0.1) is 11.6 Å². The molecular formula is C19H21NO3S2. The highest BCUT2D eigenvalue weighted by atomic mass is 32.2. The van der Waals surface area contributed by atoms with Crippen molar-refractivity contribution in [1.82, 2.24) is 4.98 Å². The summed E-state index contributed by atoms with van der Waals surface area (Å²) in [7, 11) is 0. The first-order valence-electron chi connectivity index (χ1n) is 9.01. The number of fused-ring (bicyclic) bond motifs is 6. The summed E-state index contributed by atoms with van der Waals surface area (Å²) >= 11 is 3.26. The predicted octanol–water partition coefficient (Wildman–Crippen LogP) is 4.19. The van der Waals surface area contributed by atoms with E-state index >= 15 is 0 Å². The average Bonchev–Trinajstić information content (AvgIpc) is 3.28. The molecular weight excluding hydrogens is 354 g/mol. The van der Waals surface area contributed by atoms with Crippen molar-refractivity contribution in [3.63, 3.8) is 0 Å². The lowest BCUT2D eigenvalue weighted by Crippen LogP contribution is -2.33. The van der Waals surface area contributed by atoms with Crippen LogP contribution in [0.4, 0.5) is 0 Å². The number of nitrogens with one attached hydrogen (secondary N) is 1. The Bertz CT molecular complexity index is 874. The van der Waals surface area contributed by atoms with Gasteiger partial charge in [0.15, 0.2) is 11.5 Å². The van der Waals surface area contributed by atoms with Gasteiger partial charge in [-0.05, 0) is 61.6 Å². The minimum atomic E-state index is 0.0404. The molecule has 0 amide bonds. The van der Waals surface area contributed by atoms with E-state index in [1.807, 2.05) is 30.8 Å². The van der Waals surface area contributed by atoms with Crippen LogP contribution in [-0.2, 0) is 0 Å². The Labute approximate surface area is 154 Å². The Balaban J connectivity index is 1.65. The van der Waals surface area contributed by atoms with Crippen LogP contribution in [0.15, 0.2) is 28.0 Å². The zero-order valence-electron chi connectivity index (χ0n) is 14.0. The van der Waals surface area contributed by atoms with Gasteiger partial charge in [-0.2, -0.15) is 0 Å². The van der Waals surface area contributed by atoms with Gasteiger partial charge in [0, 0.05) is 16.0 Å². The van der Waals surface area contributed by atoms with E-state index in [2.05, 4.69) is 4.98 Å². The van der Waals surface area contributed by atoms with Crippen LogP contribution in [0.1, 0.15) is 42.5 Å². The smallest absolute Gasteiger partial charge is 0.305 e. The van der Waals surface area contributed by atoms with Crippen molar-refractivity contribution < 1.29 is 9.84 Å². The molecule has 132 valence electrons. The fourth-order valence-electron chi connectivity index (χ4n) is 5.22. The Morgan fingerprint density at radius 1 is 1.32 bits per heavy atom. The molecule has 0 spiro atoms. The SMILES string of the molecule is CCOc1cc([C@@H]2c3sc(=O)[nH]c3S[C@@H]3[C@@H]4CC[C@@H](C4)[C@H]23)ccc1O. The first-order chi connectivity index (χ1) is 12.2. The van der Waals surface area contributed by atoms with E-state index < -0.39 is 0 Å². The molecule has 0 saturated heterocycles. The molecule has 4 nitrogen and oxygen atoms in total. The molecule has 2 saturated carbocycles. The molecule has 1 aromatic carbocycles.